The predicted molar refractivity (Wildman–Crippen MR) is 75.6 cm³/mol. The summed E-state index contributed by atoms with van der Waals surface area (Å²) in [7, 11) is 0. The molecule has 1 atom stereocenters. The average molecular weight is 322 g/mol. The summed E-state index contributed by atoms with van der Waals surface area (Å²) in [6.07, 6.45) is -3.27. The van der Waals surface area contributed by atoms with E-state index in [0.29, 0.717) is 5.13 Å². The fourth-order valence-corrected chi connectivity index (χ4v) is 3.15. The third kappa shape index (κ3) is 4.23. The molecule has 2 heterocycles. The summed E-state index contributed by atoms with van der Waals surface area (Å²) in [6.45, 7) is 3.03. The molecule has 1 saturated heterocycles. The summed E-state index contributed by atoms with van der Waals surface area (Å²) >= 11 is 1.12. The van der Waals surface area contributed by atoms with Gasteiger partial charge in [0.2, 0.25) is 0 Å². The molecule has 1 fully saturated rings. The molecule has 1 unspecified atom stereocenters. The van der Waals surface area contributed by atoms with Crippen molar-refractivity contribution in [2.24, 2.45) is 0 Å². The first kappa shape index (κ1) is 15.9. The van der Waals surface area contributed by atoms with E-state index in [9.17, 15) is 18.0 Å². The van der Waals surface area contributed by atoms with Gasteiger partial charge in [0, 0.05) is 19.1 Å². The van der Waals surface area contributed by atoms with Gasteiger partial charge in [0.15, 0.2) is 5.13 Å². The third-order valence-corrected chi connectivity index (χ3v) is 4.27. The second-order valence-electron chi connectivity index (χ2n) is 5.10. The molecule has 5 nitrogen and oxygen atoms in total. The van der Waals surface area contributed by atoms with Gasteiger partial charge in [-0.25, -0.2) is 4.98 Å². The van der Waals surface area contributed by atoms with Crippen LogP contribution in [0.25, 0.3) is 0 Å². The molecule has 118 valence electrons. The van der Waals surface area contributed by atoms with Crippen molar-refractivity contribution < 1.29 is 18.0 Å². The highest BCUT2D eigenvalue weighted by Crippen LogP contribution is 2.30. The Morgan fingerprint density at radius 2 is 2.10 bits per heavy atom. The molecule has 3 N–H and O–H groups in total. The monoisotopic (exact) mass is 322 g/mol. The van der Waals surface area contributed by atoms with Crippen LogP contribution in [-0.4, -0.2) is 36.2 Å². The Kier molecular flexibility index (Phi) is 4.60. The number of alkyl halides is 3. The van der Waals surface area contributed by atoms with Crippen LogP contribution in [0.2, 0.25) is 0 Å². The van der Waals surface area contributed by atoms with E-state index in [2.05, 4.69) is 10.3 Å². The molecule has 2 rings (SSSR count). The van der Waals surface area contributed by atoms with Crippen LogP contribution < -0.4 is 16.0 Å². The Bertz CT molecular complexity index is 511. The lowest BCUT2D eigenvalue weighted by Crippen LogP contribution is -2.35. The van der Waals surface area contributed by atoms with Crippen molar-refractivity contribution in [1.29, 1.82) is 0 Å². The number of amides is 1. The fraction of sp³-hybridized carbons (Fsp3) is 0.667. The second kappa shape index (κ2) is 6.08. The number of hydrogen-bond donors (Lipinski definition) is 2. The number of halogens is 3. The van der Waals surface area contributed by atoms with E-state index >= 15 is 0 Å². The summed E-state index contributed by atoms with van der Waals surface area (Å²) < 4.78 is 36.8. The van der Waals surface area contributed by atoms with Gasteiger partial charge in [-0.1, -0.05) is 11.3 Å². The number of nitrogen functional groups attached to an aromatic ring is 1. The maximum atomic E-state index is 12.3. The lowest BCUT2D eigenvalue weighted by atomic mass is 10.2. The number of anilines is 2. The molecule has 1 aromatic rings. The summed E-state index contributed by atoms with van der Waals surface area (Å²) in [5.41, 5.74) is 5.70. The van der Waals surface area contributed by atoms with Crippen molar-refractivity contribution in [3.63, 3.8) is 0 Å². The number of carbonyl (C=O) groups is 1. The summed E-state index contributed by atoms with van der Waals surface area (Å²) in [5.74, 6) is -0.536. The first-order chi connectivity index (χ1) is 9.76. The molecule has 0 aromatic carbocycles. The van der Waals surface area contributed by atoms with Gasteiger partial charge in [-0.15, -0.1) is 0 Å². The van der Waals surface area contributed by atoms with E-state index in [1.54, 1.807) is 0 Å². The molecule has 0 bridgehead atoms. The maximum absolute atomic E-state index is 12.3. The van der Waals surface area contributed by atoms with Gasteiger partial charge in [-0.05, 0) is 19.8 Å². The Morgan fingerprint density at radius 3 is 2.67 bits per heavy atom. The fourth-order valence-electron chi connectivity index (χ4n) is 2.21. The average Bonchev–Trinajstić information content (AvgIpc) is 2.94. The van der Waals surface area contributed by atoms with Crippen LogP contribution in [0, 0.1) is 0 Å². The van der Waals surface area contributed by atoms with Gasteiger partial charge in [0.1, 0.15) is 10.7 Å². The number of nitrogens with one attached hydrogen (secondary N) is 1. The number of nitrogens with two attached hydrogens (primary N) is 1. The second-order valence-corrected chi connectivity index (χ2v) is 6.08. The maximum Gasteiger partial charge on any atom is 0.391 e. The molecule has 0 aliphatic carbocycles. The van der Waals surface area contributed by atoms with Crippen LogP contribution in [0.1, 0.15) is 35.9 Å². The van der Waals surface area contributed by atoms with Crippen LogP contribution in [0.15, 0.2) is 0 Å². The summed E-state index contributed by atoms with van der Waals surface area (Å²) in [6, 6.07) is -1.01. The van der Waals surface area contributed by atoms with Crippen molar-refractivity contribution in [3.05, 3.63) is 4.88 Å². The van der Waals surface area contributed by atoms with Crippen molar-refractivity contribution in [3.8, 4) is 0 Å². The van der Waals surface area contributed by atoms with Gasteiger partial charge >= 0.3 is 6.18 Å². The molecule has 1 amide bonds. The van der Waals surface area contributed by atoms with Gasteiger partial charge in [0.05, 0.1) is 6.42 Å². The Labute approximate surface area is 124 Å². The van der Waals surface area contributed by atoms with Crippen LogP contribution >= 0.6 is 11.3 Å². The third-order valence-electron chi connectivity index (χ3n) is 3.14. The van der Waals surface area contributed by atoms with Crippen LogP contribution in [0.3, 0.4) is 0 Å². The smallest absolute Gasteiger partial charge is 0.382 e. The van der Waals surface area contributed by atoms with E-state index < -0.39 is 24.5 Å². The quantitative estimate of drug-likeness (QED) is 0.893. The molecule has 1 aliphatic rings. The number of nitrogens with zero attached hydrogens (tertiary/aromatic N) is 2. The van der Waals surface area contributed by atoms with Crippen molar-refractivity contribution in [1.82, 2.24) is 10.3 Å². The Balaban J connectivity index is 2.02. The normalized spacial score (nSPS) is 17.0. The zero-order chi connectivity index (χ0) is 15.6. The SMILES string of the molecule is CC(CC(F)(F)F)NC(=O)c1sc(N2CCCC2)nc1N. The van der Waals surface area contributed by atoms with Crippen LogP contribution in [0.5, 0.6) is 0 Å². The number of rotatable bonds is 4. The minimum Gasteiger partial charge on any atom is -0.382 e. The molecule has 0 saturated carbocycles. The zero-order valence-corrected chi connectivity index (χ0v) is 12.4. The molecule has 0 radical (unpaired) electrons. The van der Waals surface area contributed by atoms with Gasteiger partial charge in [0.25, 0.3) is 5.91 Å². The lowest BCUT2D eigenvalue weighted by Gasteiger charge is -2.15. The van der Waals surface area contributed by atoms with Gasteiger partial charge in [-0.3, -0.25) is 4.79 Å². The van der Waals surface area contributed by atoms with E-state index in [1.165, 1.54) is 6.92 Å². The van der Waals surface area contributed by atoms with Crippen LogP contribution in [-0.2, 0) is 0 Å². The van der Waals surface area contributed by atoms with Crippen molar-refractivity contribution >= 4 is 28.2 Å². The highest BCUT2D eigenvalue weighted by molar-refractivity contribution is 7.18. The van der Waals surface area contributed by atoms with E-state index in [-0.39, 0.29) is 10.7 Å². The molecular weight excluding hydrogens is 305 g/mol. The van der Waals surface area contributed by atoms with E-state index in [1.807, 2.05) is 4.90 Å². The molecule has 21 heavy (non-hydrogen) atoms. The Hall–Kier alpha value is -1.51. The number of aromatic nitrogens is 1. The number of carbonyl (C=O) groups excluding carboxylic acids is 1. The highest BCUT2D eigenvalue weighted by atomic mass is 32.1. The van der Waals surface area contributed by atoms with E-state index in [0.717, 1.165) is 37.3 Å². The minimum absolute atomic E-state index is 0.0682. The molecular formula is C12H17F3N4OS. The first-order valence-electron chi connectivity index (χ1n) is 6.65. The standard InChI is InChI=1S/C12H17F3N4OS/c1-7(6-12(13,14)15)17-10(20)8-9(16)18-11(21-8)19-4-2-3-5-19/h7H,2-6,16H2,1H3,(H,17,20). The summed E-state index contributed by atoms with van der Waals surface area (Å²) in [4.78, 5) is 18.3. The molecule has 1 aromatic heterocycles. The minimum atomic E-state index is -4.31. The molecule has 9 heteroatoms. The number of thiazole rings is 1. The first-order valence-corrected chi connectivity index (χ1v) is 7.47. The van der Waals surface area contributed by atoms with Crippen molar-refractivity contribution in [2.45, 2.75) is 38.4 Å². The lowest BCUT2D eigenvalue weighted by molar-refractivity contribution is -0.138. The zero-order valence-electron chi connectivity index (χ0n) is 11.5. The van der Waals surface area contributed by atoms with Crippen LogP contribution in [0.4, 0.5) is 24.1 Å². The number of hydrogen-bond acceptors (Lipinski definition) is 5. The molecule has 1 aliphatic heterocycles. The van der Waals surface area contributed by atoms with Gasteiger partial charge < -0.3 is 16.0 Å². The summed E-state index contributed by atoms with van der Waals surface area (Å²) in [5, 5.41) is 2.96. The highest BCUT2D eigenvalue weighted by Gasteiger charge is 2.31. The topological polar surface area (TPSA) is 71.2 Å². The van der Waals surface area contributed by atoms with Crippen molar-refractivity contribution in [2.75, 3.05) is 23.7 Å². The Morgan fingerprint density at radius 1 is 1.48 bits per heavy atom. The largest absolute Gasteiger partial charge is 0.391 e. The molecule has 0 spiro atoms. The van der Waals surface area contributed by atoms with E-state index in [4.69, 9.17) is 5.73 Å². The van der Waals surface area contributed by atoms with Gasteiger partial charge in [-0.2, -0.15) is 13.2 Å². The predicted octanol–water partition coefficient (Wildman–Crippen LogP) is 2.40.